The maximum absolute atomic E-state index is 14.1. The highest BCUT2D eigenvalue weighted by Crippen LogP contribution is 2.38. The molecule has 3 aromatic heterocycles. The van der Waals surface area contributed by atoms with Gasteiger partial charge in [0.1, 0.15) is 12.4 Å². The van der Waals surface area contributed by atoms with Crippen LogP contribution < -0.4 is 15.0 Å². The van der Waals surface area contributed by atoms with Crippen molar-refractivity contribution < 1.29 is 14.2 Å². The molecule has 0 atom stereocenters. The van der Waals surface area contributed by atoms with E-state index in [1.54, 1.807) is 14.2 Å². The van der Waals surface area contributed by atoms with Crippen LogP contribution in [0.1, 0.15) is 38.1 Å². The lowest BCUT2D eigenvalue weighted by molar-refractivity contribution is 0.0899. The van der Waals surface area contributed by atoms with Crippen molar-refractivity contribution in [1.82, 2.24) is 14.1 Å². The second-order valence-electron chi connectivity index (χ2n) is 11.1. The fourth-order valence-corrected chi connectivity index (χ4v) is 6.18. The maximum atomic E-state index is 14.1. The molecule has 0 saturated heterocycles. The fraction of sp³-hybridized carbons (Fsp3) is 0.500. The van der Waals surface area contributed by atoms with Gasteiger partial charge in [0, 0.05) is 49.3 Å². The van der Waals surface area contributed by atoms with Gasteiger partial charge in [-0.15, -0.1) is 0 Å². The lowest BCUT2D eigenvalue weighted by Crippen LogP contribution is -2.27. The van der Waals surface area contributed by atoms with Crippen molar-refractivity contribution in [3.63, 3.8) is 0 Å². The molecule has 8 heteroatoms. The van der Waals surface area contributed by atoms with E-state index in [0.29, 0.717) is 23.6 Å². The Bertz CT molecular complexity index is 1460. The standard InChI is InChI=1S/C28H37N3O4Si/c1-33-24-15-21-22(16-25(24)34-2)28(32)31(19-9-7-6-8-10-19)26-20-11-12-30(27(20)29-17-23(21)26)18-35-13-14-36(3,4)5/h11-12,15-17,19H,6-10,13-14,18H2,1-5H3. The van der Waals surface area contributed by atoms with E-state index in [4.69, 9.17) is 19.2 Å². The van der Waals surface area contributed by atoms with E-state index >= 15 is 0 Å². The first-order valence-corrected chi connectivity index (χ1v) is 16.7. The average molecular weight is 508 g/mol. The molecule has 1 aliphatic rings. The van der Waals surface area contributed by atoms with Crippen molar-refractivity contribution in [2.24, 2.45) is 0 Å². The van der Waals surface area contributed by atoms with Gasteiger partial charge < -0.3 is 23.3 Å². The Hall–Kier alpha value is -2.84. The first-order valence-electron chi connectivity index (χ1n) is 13.0. The zero-order chi connectivity index (χ0) is 25.4. The molecule has 1 fully saturated rings. The van der Waals surface area contributed by atoms with E-state index < -0.39 is 8.07 Å². The summed E-state index contributed by atoms with van der Waals surface area (Å²) in [7, 11) is 2.07. The zero-order valence-electron chi connectivity index (χ0n) is 22.1. The largest absolute Gasteiger partial charge is 0.493 e. The van der Waals surface area contributed by atoms with Gasteiger partial charge >= 0.3 is 0 Å². The normalized spacial score (nSPS) is 15.2. The monoisotopic (exact) mass is 507 g/mol. The van der Waals surface area contributed by atoms with Crippen LogP contribution >= 0.6 is 0 Å². The molecule has 1 saturated carbocycles. The van der Waals surface area contributed by atoms with Gasteiger partial charge in [-0.2, -0.15) is 0 Å². The van der Waals surface area contributed by atoms with Gasteiger partial charge in [-0.25, -0.2) is 4.98 Å². The molecule has 36 heavy (non-hydrogen) atoms. The Balaban J connectivity index is 1.71. The highest BCUT2D eigenvalue weighted by Gasteiger charge is 2.24. The van der Waals surface area contributed by atoms with Gasteiger partial charge in [0.2, 0.25) is 0 Å². The molecule has 0 aliphatic heterocycles. The molecule has 0 bridgehead atoms. The highest BCUT2D eigenvalue weighted by molar-refractivity contribution is 6.76. The number of benzene rings is 1. The van der Waals surface area contributed by atoms with Gasteiger partial charge in [0.15, 0.2) is 11.5 Å². The highest BCUT2D eigenvalue weighted by atomic mass is 28.3. The van der Waals surface area contributed by atoms with Gasteiger partial charge in [0.05, 0.1) is 25.1 Å². The number of methoxy groups -OCH3 is 2. The number of aromatic nitrogens is 3. The summed E-state index contributed by atoms with van der Waals surface area (Å²) in [6.07, 6.45) is 9.47. The molecule has 0 unspecified atom stereocenters. The van der Waals surface area contributed by atoms with Crippen LogP contribution in [0.4, 0.5) is 0 Å². The van der Waals surface area contributed by atoms with Gasteiger partial charge in [-0.1, -0.05) is 38.9 Å². The molecule has 4 aromatic rings. The molecule has 0 N–H and O–H groups in total. The van der Waals surface area contributed by atoms with Crippen molar-refractivity contribution in [3.05, 3.63) is 40.9 Å². The van der Waals surface area contributed by atoms with Crippen molar-refractivity contribution >= 4 is 40.8 Å². The van der Waals surface area contributed by atoms with Crippen LogP contribution in [0, 0.1) is 0 Å². The molecule has 3 heterocycles. The third-order valence-corrected chi connectivity index (χ3v) is 9.14. The predicted octanol–water partition coefficient (Wildman–Crippen LogP) is 6.34. The van der Waals surface area contributed by atoms with E-state index in [2.05, 4.69) is 25.7 Å². The summed E-state index contributed by atoms with van der Waals surface area (Å²) in [6.45, 7) is 8.28. The van der Waals surface area contributed by atoms with Crippen LogP contribution in [-0.2, 0) is 11.5 Å². The lowest BCUT2D eigenvalue weighted by atomic mass is 9.94. The summed E-state index contributed by atoms with van der Waals surface area (Å²) < 4.78 is 21.2. The van der Waals surface area contributed by atoms with Crippen LogP contribution in [0.25, 0.3) is 32.7 Å². The second-order valence-corrected chi connectivity index (χ2v) is 16.7. The lowest BCUT2D eigenvalue weighted by Gasteiger charge is -2.27. The van der Waals surface area contributed by atoms with Crippen molar-refractivity contribution in [2.75, 3.05) is 20.8 Å². The number of pyridine rings is 2. The van der Waals surface area contributed by atoms with Gasteiger partial charge in [-0.3, -0.25) is 4.79 Å². The minimum atomic E-state index is -1.15. The molecule has 7 nitrogen and oxygen atoms in total. The topological polar surface area (TPSA) is 67.5 Å². The van der Waals surface area contributed by atoms with Crippen LogP contribution in [-0.4, -0.2) is 43.0 Å². The molecule has 0 amide bonds. The molecule has 1 aliphatic carbocycles. The van der Waals surface area contributed by atoms with Crippen LogP contribution in [0.15, 0.2) is 35.4 Å². The second kappa shape index (κ2) is 9.90. The van der Waals surface area contributed by atoms with Gasteiger partial charge in [-0.05, 0) is 37.1 Å². The van der Waals surface area contributed by atoms with Crippen LogP contribution in [0.5, 0.6) is 11.5 Å². The van der Waals surface area contributed by atoms with Crippen LogP contribution in [0.3, 0.4) is 0 Å². The van der Waals surface area contributed by atoms with E-state index in [9.17, 15) is 4.79 Å². The molecular formula is C28H37N3O4Si. The van der Waals surface area contributed by atoms with Crippen LogP contribution in [0.2, 0.25) is 25.7 Å². The third kappa shape index (κ3) is 4.52. The summed E-state index contributed by atoms with van der Waals surface area (Å²) in [5.74, 6) is 1.17. The first-order chi connectivity index (χ1) is 17.3. The quantitative estimate of drug-likeness (QED) is 0.158. The predicted molar refractivity (Wildman–Crippen MR) is 148 cm³/mol. The number of hydrogen-bond donors (Lipinski definition) is 0. The summed E-state index contributed by atoms with van der Waals surface area (Å²) in [4.78, 5) is 18.9. The van der Waals surface area contributed by atoms with Crippen molar-refractivity contribution in [2.45, 2.75) is 70.6 Å². The third-order valence-electron chi connectivity index (χ3n) is 7.43. The van der Waals surface area contributed by atoms with E-state index in [0.717, 1.165) is 65.7 Å². The SMILES string of the molecule is COc1cc2c(=O)n(C3CCCCC3)c3c(cnc4c3ccn4COCC[Si](C)(C)C)c2cc1OC. The summed E-state index contributed by atoms with van der Waals surface area (Å²) in [6, 6.07) is 7.11. The minimum absolute atomic E-state index is 0.0250. The summed E-state index contributed by atoms with van der Waals surface area (Å²) >= 11 is 0. The maximum Gasteiger partial charge on any atom is 0.259 e. The Morgan fingerprint density at radius 2 is 1.67 bits per heavy atom. The van der Waals surface area contributed by atoms with Crippen molar-refractivity contribution in [3.8, 4) is 11.5 Å². The Morgan fingerprint density at radius 3 is 2.33 bits per heavy atom. The Kier molecular flexibility index (Phi) is 6.83. The van der Waals surface area contributed by atoms with E-state index in [1.807, 2.05) is 33.7 Å². The Labute approximate surface area is 213 Å². The number of nitrogens with zero attached hydrogens (tertiary/aromatic N) is 3. The smallest absolute Gasteiger partial charge is 0.259 e. The number of hydrogen-bond acceptors (Lipinski definition) is 5. The van der Waals surface area contributed by atoms with E-state index in [-0.39, 0.29) is 11.6 Å². The number of fused-ring (bicyclic) bond motifs is 5. The number of rotatable bonds is 8. The molecule has 5 rings (SSSR count). The first kappa shape index (κ1) is 24.8. The fourth-order valence-electron chi connectivity index (χ4n) is 5.42. The number of ether oxygens (including phenoxy) is 3. The summed E-state index contributed by atoms with van der Waals surface area (Å²) in [5, 5.41) is 3.43. The molecule has 1 aromatic carbocycles. The average Bonchev–Trinajstić information content (AvgIpc) is 3.29. The molecule has 0 spiro atoms. The van der Waals surface area contributed by atoms with Crippen molar-refractivity contribution in [1.29, 1.82) is 0 Å². The summed E-state index contributed by atoms with van der Waals surface area (Å²) in [5.41, 5.74) is 1.83. The molecule has 0 radical (unpaired) electrons. The van der Waals surface area contributed by atoms with Gasteiger partial charge in [0.25, 0.3) is 5.56 Å². The minimum Gasteiger partial charge on any atom is -0.493 e. The Morgan fingerprint density at radius 1 is 0.972 bits per heavy atom. The molecular weight excluding hydrogens is 470 g/mol. The van der Waals surface area contributed by atoms with E-state index in [1.165, 1.54) is 6.42 Å². The molecule has 192 valence electrons. The zero-order valence-corrected chi connectivity index (χ0v) is 23.1.